The molecule has 0 saturated heterocycles. The number of amides is 1. The molecule has 11 heavy (non-hydrogen) atoms. The van der Waals surface area contributed by atoms with Gasteiger partial charge in [-0.05, 0) is 32.1 Å². The molecule has 4 nitrogen and oxygen atoms in total. The van der Waals surface area contributed by atoms with E-state index in [2.05, 4.69) is 30.4 Å². The average molecular weight is 194 g/mol. The molecule has 0 fully saturated rings. The van der Waals surface area contributed by atoms with Gasteiger partial charge in [-0.2, -0.15) is 3.71 Å². The van der Waals surface area contributed by atoms with Crippen molar-refractivity contribution < 1.29 is 9.53 Å². The van der Waals surface area contributed by atoms with Gasteiger partial charge in [0, 0.05) is 6.42 Å². The first-order valence-electron chi connectivity index (χ1n) is 3.05. The van der Waals surface area contributed by atoms with Gasteiger partial charge in [-0.1, -0.05) is 6.92 Å². The highest BCUT2D eigenvalue weighted by Crippen LogP contribution is 2.02. The van der Waals surface area contributed by atoms with Crippen LogP contribution in [0.2, 0.25) is 0 Å². The molecule has 0 saturated carbocycles. The molecule has 0 aliphatic carbocycles. The predicted molar refractivity (Wildman–Crippen MR) is 48.9 cm³/mol. The molecule has 0 radical (unpaired) electrons. The van der Waals surface area contributed by atoms with Gasteiger partial charge < -0.3 is 4.74 Å². The summed E-state index contributed by atoms with van der Waals surface area (Å²) in [7, 11) is 0. The Hall–Kier alpha value is -0.360. The normalized spacial score (nSPS) is 9.00. The SMILES string of the molecule is CCCC(=N)OC(=O)N(S)S. The van der Waals surface area contributed by atoms with Crippen molar-refractivity contribution in [2.45, 2.75) is 19.8 Å². The summed E-state index contributed by atoms with van der Waals surface area (Å²) in [4.78, 5) is 10.6. The van der Waals surface area contributed by atoms with Crippen molar-refractivity contribution in [1.29, 1.82) is 5.41 Å². The number of nitrogens with one attached hydrogen (secondary N) is 1. The van der Waals surface area contributed by atoms with E-state index in [-0.39, 0.29) is 5.90 Å². The first-order valence-corrected chi connectivity index (χ1v) is 3.85. The first-order chi connectivity index (χ1) is 5.07. The Morgan fingerprint density at radius 2 is 2.18 bits per heavy atom. The summed E-state index contributed by atoms with van der Waals surface area (Å²) < 4.78 is 5.15. The van der Waals surface area contributed by atoms with Crippen molar-refractivity contribution in [3.63, 3.8) is 0 Å². The molecule has 0 aliphatic rings. The highest BCUT2D eigenvalue weighted by Gasteiger charge is 2.09. The molecule has 0 heterocycles. The Bertz CT molecular complexity index is 161. The second-order valence-corrected chi connectivity index (χ2v) is 2.95. The monoisotopic (exact) mass is 194 g/mol. The van der Waals surface area contributed by atoms with Crippen LogP contribution in [0.1, 0.15) is 19.8 Å². The third-order valence-electron chi connectivity index (χ3n) is 0.851. The van der Waals surface area contributed by atoms with E-state index >= 15 is 0 Å². The van der Waals surface area contributed by atoms with Crippen LogP contribution in [0.25, 0.3) is 0 Å². The highest BCUT2D eigenvalue weighted by molar-refractivity contribution is 7.94. The second kappa shape index (κ2) is 5.31. The van der Waals surface area contributed by atoms with Crippen molar-refractivity contribution in [2.24, 2.45) is 0 Å². The molecule has 0 bridgehead atoms. The smallest absolute Gasteiger partial charge is 0.395 e. The van der Waals surface area contributed by atoms with Crippen LogP contribution in [0.3, 0.4) is 0 Å². The third kappa shape index (κ3) is 4.97. The molecular weight excluding hydrogens is 184 g/mol. The molecule has 1 amide bonds. The molecule has 0 aromatic heterocycles. The number of nitrogens with zero attached hydrogens (tertiary/aromatic N) is 1. The quantitative estimate of drug-likeness (QED) is 0.357. The number of carbonyl (C=O) groups excluding carboxylic acids is 1. The van der Waals surface area contributed by atoms with E-state index < -0.39 is 6.09 Å². The zero-order valence-corrected chi connectivity index (χ0v) is 7.86. The van der Waals surface area contributed by atoms with Crippen molar-refractivity contribution >= 4 is 37.6 Å². The largest absolute Gasteiger partial charge is 0.436 e. The van der Waals surface area contributed by atoms with E-state index in [9.17, 15) is 4.79 Å². The summed E-state index contributed by atoms with van der Waals surface area (Å²) in [6.07, 6.45) is 0.460. The molecule has 0 unspecified atom stereocenters. The summed E-state index contributed by atoms with van der Waals surface area (Å²) in [5.41, 5.74) is 0. The summed E-state index contributed by atoms with van der Waals surface area (Å²) in [5, 5.41) is 7.07. The van der Waals surface area contributed by atoms with Gasteiger partial charge in [-0.3, -0.25) is 5.41 Å². The summed E-state index contributed by atoms with van der Waals surface area (Å²) in [6, 6.07) is 0. The van der Waals surface area contributed by atoms with Crippen LogP contribution in [0.5, 0.6) is 0 Å². The Morgan fingerprint density at radius 1 is 1.64 bits per heavy atom. The molecule has 0 aliphatic heterocycles. The van der Waals surface area contributed by atoms with Gasteiger partial charge in [0.1, 0.15) is 0 Å². The molecular formula is C5H10N2O2S2. The van der Waals surface area contributed by atoms with Crippen LogP contribution in [0.4, 0.5) is 4.79 Å². The minimum absolute atomic E-state index is 0.0643. The van der Waals surface area contributed by atoms with Crippen LogP contribution in [0, 0.1) is 5.41 Å². The molecule has 64 valence electrons. The van der Waals surface area contributed by atoms with Crippen molar-refractivity contribution in [3.05, 3.63) is 0 Å². The molecule has 1 N–H and O–H groups in total. The van der Waals surface area contributed by atoms with Crippen LogP contribution < -0.4 is 0 Å². The number of hydrogen-bond acceptors (Lipinski definition) is 5. The summed E-state index contributed by atoms with van der Waals surface area (Å²) in [6.45, 7) is 1.89. The van der Waals surface area contributed by atoms with Crippen molar-refractivity contribution in [1.82, 2.24) is 3.71 Å². The predicted octanol–water partition coefficient (Wildman–Crippen LogP) is 1.89. The average Bonchev–Trinajstić information content (AvgIpc) is 1.87. The number of thiol groups is 2. The fourth-order valence-electron chi connectivity index (χ4n) is 0.424. The van der Waals surface area contributed by atoms with Gasteiger partial charge in [-0.15, -0.1) is 0 Å². The fourth-order valence-corrected chi connectivity index (χ4v) is 0.506. The van der Waals surface area contributed by atoms with Gasteiger partial charge in [0.05, 0.1) is 0 Å². The van der Waals surface area contributed by atoms with Crippen molar-refractivity contribution in [3.8, 4) is 0 Å². The lowest BCUT2D eigenvalue weighted by molar-refractivity contribution is 0.192. The van der Waals surface area contributed by atoms with Gasteiger partial charge in [0.25, 0.3) is 0 Å². The third-order valence-corrected chi connectivity index (χ3v) is 1.18. The van der Waals surface area contributed by atoms with Crippen molar-refractivity contribution in [2.75, 3.05) is 0 Å². The molecule has 0 spiro atoms. The summed E-state index contributed by atoms with van der Waals surface area (Å²) in [5.74, 6) is -0.0643. The number of rotatable bonds is 2. The Kier molecular flexibility index (Phi) is 5.14. The maximum absolute atomic E-state index is 10.6. The van der Waals surface area contributed by atoms with Crippen LogP contribution >= 0.6 is 25.6 Å². The van der Waals surface area contributed by atoms with Crippen LogP contribution in [-0.4, -0.2) is 15.7 Å². The summed E-state index contributed by atoms with van der Waals surface area (Å²) >= 11 is 7.12. The van der Waals surface area contributed by atoms with E-state index in [0.717, 1.165) is 6.42 Å². The molecule has 6 heteroatoms. The van der Waals surface area contributed by atoms with E-state index in [1.807, 2.05) is 6.92 Å². The lowest BCUT2D eigenvalue weighted by Crippen LogP contribution is -2.17. The van der Waals surface area contributed by atoms with E-state index in [0.29, 0.717) is 10.1 Å². The number of carbonyl (C=O) groups is 1. The Balaban J connectivity index is 3.67. The van der Waals surface area contributed by atoms with Gasteiger partial charge in [0.2, 0.25) is 0 Å². The molecule has 0 rings (SSSR count). The Morgan fingerprint density at radius 3 is 2.55 bits per heavy atom. The minimum atomic E-state index is -0.755. The van der Waals surface area contributed by atoms with Crippen LogP contribution in [-0.2, 0) is 4.74 Å². The number of hydrogen-bond donors (Lipinski definition) is 3. The lowest BCUT2D eigenvalue weighted by Gasteiger charge is -2.07. The molecule has 0 aromatic rings. The maximum atomic E-state index is 10.6. The van der Waals surface area contributed by atoms with E-state index in [4.69, 9.17) is 5.41 Å². The molecule has 0 atom stereocenters. The zero-order chi connectivity index (χ0) is 8.85. The topological polar surface area (TPSA) is 53.4 Å². The first kappa shape index (κ1) is 10.6. The van der Waals surface area contributed by atoms with Gasteiger partial charge >= 0.3 is 6.09 Å². The van der Waals surface area contributed by atoms with Gasteiger partial charge in [-0.25, -0.2) is 4.79 Å². The number of ether oxygens (including phenoxy) is 1. The van der Waals surface area contributed by atoms with Gasteiger partial charge in [0.15, 0.2) is 5.90 Å². The fraction of sp³-hybridized carbons (Fsp3) is 0.600. The zero-order valence-electron chi connectivity index (χ0n) is 6.07. The highest BCUT2D eigenvalue weighted by atomic mass is 32.2. The maximum Gasteiger partial charge on any atom is 0.436 e. The lowest BCUT2D eigenvalue weighted by atomic mass is 10.3. The standard InChI is InChI=1S/C5H10N2O2S2/c1-2-3-4(6)9-5(8)7(10)11/h6,10-11H,2-3H2,1H3. The Labute approximate surface area is 76.5 Å². The van der Waals surface area contributed by atoms with E-state index in [1.165, 1.54) is 0 Å². The molecule has 0 aromatic carbocycles. The minimum Gasteiger partial charge on any atom is -0.395 e. The van der Waals surface area contributed by atoms with E-state index in [1.54, 1.807) is 0 Å². The second-order valence-electron chi connectivity index (χ2n) is 1.83. The van der Waals surface area contributed by atoms with Crippen LogP contribution in [0.15, 0.2) is 0 Å².